The summed E-state index contributed by atoms with van der Waals surface area (Å²) in [6.45, 7) is 20.0. The lowest BCUT2D eigenvalue weighted by Gasteiger charge is -2.24. The van der Waals surface area contributed by atoms with Gasteiger partial charge < -0.3 is 33.3 Å². The summed E-state index contributed by atoms with van der Waals surface area (Å²) < 4.78 is 52.9. The Hall–Kier alpha value is -5.23. The lowest BCUT2D eigenvalue weighted by atomic mass is 10.2. The summed E-state index contributed by atoms with van der Waals surface area (Å²) in [6.07, 6.45) is -0.0168. The highest BCUT2D eigenvalue weighted by Crippen LogP contribution is 2.35. The Balaban J connectivity index is 1.19. The van der Waals surface area contributed by atoms with Crippen LogP contribution in [-0.4, -0.2) is 109 Å². The largest absolute Gasteiger partial charge is 0.491 e. The van der Waals surface area contributed by atoms with Crippen LogP contribution in [0.3, 0.4) is 0 Å². The quantitative estimate of drug-likeness (QED) is 0.0378. The molecule has 3 aromatic heterocycles. The molecule has 4 heterocycles. The first-order valence-electron chi connectivity index (χ1n) is 21.8. The van der Waals surface area contributed by atoms with Gasteiger partial charge in [0.15, 0.2) is 44.6 Å². The molecule has 2 aromatic carbocycles. The summed E-state index contributed by atoms with van der Waals surface area (Å²) >= 11 is 2.88. The average molecular weight is 962 g/mol. The van der Waals surface area contributed by atoms with E-state index in [0.717, 1.165) is 26.6 Å². The van der Waals surface area contributed by atoms with Gasteiger partial charge in [-0.25, -0.2) is 19.0 Å². The normalized spacial score (nSPS) is 15.1. The molecular weight excluding hydrogens is 902 g/mol. The van der Waals surface area contributed by atoms with Gasteiger partial charge in [-0.05, 0) is 102 Å². The van der Waals surface area contributed by atoms with Crippen LogP contribution in [-0.2, 0) is 36.8 Å². The van der Waals surface area contributed by atoms with Crippen LogP contribution >= 0.6 is 22.7 Å². The van der Waals surface area contributed by atoms with Gasteiger partial charge in [-0.3, -0.25) is 9.47 Å². The molecule has 1 amide bonds. The zero-order valence-electron chi connectivity index (χ0n) is 39.7. The van der Waals surface area contributed by atoms with Gasteiger partial charge in [0, 0.05) is 32.2 Å². The SMILES string of the molecule is COC(=O)c1nc(N(CC2COC(C)(C)O2)c2cc(C)c(/N=c3\sc4ccccc4n3COCC[Si](C)(C)C)nn2)sc1CCCOc1ccc(C#CCN(C)C(=O)OC(C)(C)C)cc1F. The summed E-state index contributed by atoms with van der Waals surface area (Å²) in [5.41, 5.74) is 1.78. The summed E-state index contributed by atoms with van der Waals surface area (Å²) in [7, 11) is 1.63. The minimum Gasteiger partial charge on any atom is -0.491 e. The van der Waals surface area contributed by atoms with Gasteiger partial charge in [-0.15, -0.1) is 21.5 Å². The van der Waals surface area contributed by atoms with E-state index in [1.54, 1.807) is 45.2 Å². The number of carbonyl (C=O) groups is 2. The second-order valence-electron chi connectivity index (χ2n) is 18.5. The molecule has 66 heavy (non-hydrogen) atoms. The third kappa shape index (κ3) is 13.9. The van der Waals surface area contributed by atoms with Crippen molar-refractivity contribution in [3.63, 3.8) is 0 Å². The van der Waals surface area contributed by atoms with E-state index in [0.29, 0.717) is 66.5 Å². The predicted molar refractivity (Wildman–Crippen MR) is 257 cm³/mol. The topological polar surface area (TPSA) is 152 Å². The number of benzene rings is 2. The molecule has 0 saturated carbocycles. The van der Waals surface area contributed by atoms with Crippen molar-refractivity contribution < 1.29 is 42.4 Å². The fourth-order valence-corrected chi connectivity index (χ4v) is 9.43. The molecule has 5 aromatic rings. The predicted octanol–water partition coefficient (Wildman–Crippen LogP) is 9.25. The van der Waals surface area contributed by atoms with Crippen LogP contribution in [0.2, 0.25) is 25.7 Å². The number of anilines is 2. The molecule has 1 unspecified atom stereocenters. The molecule has 0 N–H and O–H groups in total. The Morgan fingerprint density at radius 1 is 1.09 bits per heavy atom. The molecule has 6 rings (SSSR count). The Morgan fingerprint density at radius 3 is 2.55 bits per heavy atom. The van der Waals surface area contributed by atoms with E-state index in [1.165, 1.54) is 35.5 Å². The Labute approximate surface area is 394 Å². The molecule has 1 aliphatic rings. The maximum atomic E-state index is 15.1. The van der Waals surface area contributed by atoms with Gasteiger partial charge >= 0.3 is 12.1 Å². The second-order valence-corrected chi connectivity index (χ2v) is 26.2. The third-order valence-electron chi connectivity index (χ3n) is 9.97. The summed E-state index contributed by atoms with van der Waals surface area (Å²) in [5, 5.41) is 9.77. The van der Waals surface area contributed by atoms with Crippen LogP contribution in [0.1, 0.15) is 67.5 Å². The summed E-state index contributed by atoms with van der Waals surface area (Å²) in [5.74, 6) is 4.81. The molecule has 1 aliphatic heterocycles. The van der Waals surface area contributed by atoms with Crippen LogP contribution in [0.5, 0.6) is 5.75 Å². The monoisotopic (exact) mass is 961 g/mol. The molecule has 1 fully saturated rings. The number of amides is 1. The van der Waals surface area contributed by atoms with E-state index in [1.807, 2.05) is 43.9 Å². The number of halogens is 1. The molecule has 0 spiro atoms. The van der Waals surface area contributed by atoms with E-state index >= 15 is 4.39 Å². The molecular formula is C47H60FN7O8S2Si. The van der Waals surface area contributed by atoms with Gasteiger partial charge in [-0.1, -0.05) is 55.0 Å². The van der Waals surface area contributed by atoms with E-state index in [-0.39, 0.29) is 30.7 Å². The first kappa shape index (κ1) is 50.2. The van der Waals surface area contributed by atoms with E-state index in [4.69, 9.17) is 38.4 Å². The maximum absolute atomic E-state index is 15.1. The lowest BCUT2D eigenvalue weighted by molar-refractivity contribution is -0.137. The van der Waals surface area contributed by atoms with Crippen LogP contribution in [0, 0.1) is 24.6 Å². The number of nitrogens with zero attached hydrogens (tertiary/aromatic N) is 7. The highest BCUT2D eigenvalue weighted by molar-refractivity contribution is 7.16. The summed E-state index contributed by atoms with van der Waals surface area (Å²) in [4.78, 5) is 39.8. The number of fused-ring (bicyclic) bond motifs is 1. The molecule has 354 valence electrons. The van der Waals surface area contributed by atoms with Crippen LogP contribution in [0.15, 0.2) is 53.5 Å². The Morgan fingerprint density at radius 2 is 1.86 bits per heavy atom. The number of thiazole rings is 2. The number of hydrogen-bond donors (Lipinski definition) is 0. The van der Waals surface area contributed by atoms with Crippen LogP contribution < -0.4 is 14.4 Å². The highest BCUT2D eigenvalue weighted by atomic mass is 32.1. The van der Waals surface area contributed by atoms with E-state index < -0.39 is 37.3 Å². The fourth-order valence-electron chi connectivity index (χ4n) is 6.54. The number of carbonyl (C=O) groups excluding carboxylic acids is 2. The second kappa shape index (κ2) is 21.6. The average Bonchev–Trinajstić information content (AvgIpc) is 3.94. The van der Waals surface area contributed by atoms with Crippen molar-refractivity contribution in [2.45, 2.75) is 104 Å². The van der Waals surface area contributed by atoms with Gasteiger partial charge in [-0.2, -0.15) is 4.99 Å². The molecule has 1 atom stereocenters. The summed E-state index contributed by atoms with van der Waals surface area (Å²) in [6, 6.07) is 15.6. The van der Waals surface area contributed by atoms with E-state index in [9.17, 15) is 9.59 Å². The number of ether oxygens (including phenoxy) is 6. The number of aryl methyl sites for hydroxylation is 2. The van der Waals surface area contributed by atoms with Gasteiger partial charge in [0.05, 0.1) is 43.6 Å². The van der Waals surface area contributed by atoms with E-state index in [2.05, 4.69) is 58.4 Å². The molecule has 19 heteroatoms. The maximum Gasteiger partial charge on any atom is 0.410 e. The van der Waals surface area contributed by atoms with Crippen molar-refractivity contribution in [3.8, 4) is 17.6 Å². The first-order chi connectivity index (χ1) is 31.2. The highest BCUT2D eigenvalue weighted by Gasteiger charge is 2.35. The van der Waals surface area contributed by atoms with Crippen LogP contribution in [0.25, 0.3) is 10.2 Å². The lowest BCUT2D eigenvalue weighted by Crippen LogP contribution is -2.34. The standard InChI is InChI=1S/C47H60FN7O8S2Si/c1-31-26-39(51-52-41(31)50-44-55(30-59-24-25-66(9,10)11)35-17-12-13-18-37(35)64-44)54(28-33-29-61-47(5,6)62-33)43-49-40(42(56)58-8)38(65-43)19-15-23-60-36-21-20-32(27-34(36)48)16-14-22-53(7)45(57)63-46(2,3)4/h12-13,17-18,20-21,26-27,33H,15,19,22-25,28-30H2,1-11H3/b50-44-. The molecule has 1 saturated heterocycles. The van der Waals surface area contributed by atoms with Crippen molar-refractivity contribution in [3.05, 3.63) is 80.8 Å². The zero-order chi connectivity index (χ0) is 47.8. The minimum absolute atomic E-state index is 0.0644. The van der Waals surface area contributed by atoms with Crippen molar-refractivity contribution in [2.24, 2.45) is 4.99 Å². The Kier molecular flexibility index (Phi) is 16.4. The molecule has 0 aliphatic carbocycles. The van der Waals surface area contributed by atoms with Gasteiger partial charge in [0.25, 0.3) is 0 Å². The number of esters is 1. The smallest absolute Gasteiger partial charge is 0.410 e. The molecule has 0 radical (unpaired) electrons. The van der Waals surface area contributed by atoms with Gasteiger partial charge in [0.2, 0.25) is 0 Å². The number of aromatic nitrogens is 4. The van der Waals surface area contributed by atoms with Crippen molar-refractivity contribution in [1.29, 1.82) is 0 Å². The van der Waals surface area contributed by atoms with Gasteiger partial charge in [0.1, 0.15) is 18.4 Å². The number of methoxy groups -OCH3 is 1. The van der Waals surface area contributed by atoms with Crippen molar-refractivity contribution >= 4 is 69.8 Å². The Bertz CT molecular complexity index is 2640. The number of hydrogen-bond acceptors (Lipinski definition) is 15. The van der Waals surface area contributed by atoms with Crippen molar-refractivity contribution in [2.75, 3.05) is 52.0 Å². The zero-order valence-corrected chi connectivity index (χ0v) is 42.3. The fraction of sp³-hybridized carbons (Fsp3) is 0.489. The molecule has 15 nitrogen and oxygen atoms in total. The number of rotatable bonds is 17. The minimum atomic E-state index is -1.26. The van der Waals surface area contributed by atoms with Crippen LogP contribution in [0.4, 0.5) is 26.0 Å². The first-order valence-corrected chi connectivity index (χ1v) is 27.1. The van der Waals surface area contributed by atoms with Crippen molar-refractivity contribution in [1.82, 2.24) is 24.6 Å². The number of para-hydroxylation sites is 1. The third-order valence-corrected chi connectivity index (χ3v) is 13.9. The molecule has 0 bridgehead atoms.